The lowest BCUT2D eigenvalue weighted by Crippen LogP contribution is -2.49. The zero-order valence-electron chi connectivity index (χ0n) is 50.5. The number of nitrogen functional groups attached to an aromatic ring is 1. The number of aliphatic hydroxyl groups is 9. The Morgan fingerprint density at radius 1 is 0.558 bits per heavy atom. The number of benzene rings is 1. The van der Waals surface area contributed by atoms with E-state index in [1.54, 1.807) is 0 Å². The van der Waals surface area contributed by atoms with Crippen molar-refractivity contribution in [1.29, 1.82) is 0 Å². The summed E-state index contributed by atoms with van der Waals surface area (Å²) in [5.41, 5.74) is 5.53. The molecule has 2 heterocycles. The second kappa shape index (κ2) is 38.8. The second-order valence-corrected chi connectivity index (χ2v) is 22.0. The van der Waals surface area contributed by atoms with Gasteiger partial charge in [-0.05, 0) is 56.9 Å². The van der Waals surface area contributed by atoms with E-state index >= 15 is 0 Å². The highest BCUT2D eigenvalue weighted by Crippen LogP contribution is 2.21. The van der Waals surface area contributed by atoms with Crippen LogP contribution in [-0.4, -0.2) is 261 Å². The van der Waals surface area contributed by atoms with Crippen LogP contribution in [0.25, 0.3) is 11.2 Å². The van der Waals surface area contributed by atoms with Crippen LogP contribution >= 0.6 is 12.6 Å². The fraction of sp³-hybridized carbons (Fsp3) is 0.545. The summed E-state index contributed by atoms with van der Waals surface area (Å²) in [5, 5.41) is 144. The molecule has 6 amide bonds. The highest BCUT2D eigenvalue weighted by atomic mass is 32.1. The van der Waals surface area contributed by atoms with Crippen LogP contribution < -0.4 is 48.5 Å². The standard InChI is InChI=1S/C55H76N12O27S/c1-22(68)40(77)41(78)33(71)18-58-37(75)12-5-25(49(85)65-31(21-95)52(89)90)15-32(70)29(10-13-38(76)60-20-35(73)43(80)45(82)54(93)94)63-48(84)24(4-11-36(74)59-19-34(72)42(79)44(81)53(91)92)14-28(69)8-9-30(51(87)88)64-47(83)23-2-6-26(7-3-23)57-16-27-17-61-46-39(62-27)50(86)67-55(56)66-46/h2-3,6-7,17,24-25,29-31,33-35,40-45,57,71-73,77-82,95H,4-5,8-16,18-21H2,1H3,(H,58,75)(H,59,74)(H,60,76)(H,63,84)(H,64,83)(H,65,85)(H,87,88)(H,89,90)(H,91,92)(H,93,94)(H3,56,61,66,67,86)/t24-,25-,29+,30+,31+,33+,34+,35+,40-,41-,42-,43-,44+,45+/m1/s1. The molecule has 14 atom stereocenters. The number of aliphatic hydroxyl groups excluding tert-OH is 9. The Bertz CT molecular complexity index is 3290. The molecule has 3 aromatic rings. The first kappa shape index (κ1) is 80.0. The Balaban J connectivity index is 1.94. The second-order valence-electron chi connectivity index (χ2n) is 21.6. The Hall–Kier alpha value is -9.26. The molecular weight excluding hydrogens is 1290 g/mol. The first-order valence-electron chi connectivity index (χ1n) is 28.8. The van der Waals surface area contributed by atoms with Crippen LogP contribution in [0.2, 0.25) is 0 Å². The number of carboxylic acid groups (broad SMARTS) is 4. The summed E-state index contributed by atoms with van der Waals surface area (Å²) >= 11 is 3.90. The molecule has 0 aliphatic carbocycles. The van der Waals surface area contributed by atoms with Gasteiger partial charge in [0.25, 0.3) is 11.5 Å². The third-order valence-electron chi connectivity index (χ3n) is 14.3. The Morgan fingerprint density at radius 2 is 1.01 bits per heavy atom. The minimum Gasteiger partial charge on any atom is -0.480 e. The molecule has 0 aliphatic heterocycles. The molecule has 0 aliphatic rings. The molecule has 524 valence electrons. The van der Waals surface area contributed by atoms with Gasteiger partial charge in [-0.25, -0.2) is 29.1 Å². The molecule has 1 aromatic carbocycles. The summed E-state index contributed by atoms with van der Waals surface area (Å²) < 4.78 is 0. The molecule has 40 heteroatoms. The van der Waals surface area contributed by atoms with E-state index in [0.717, 1.165) is 6.92 Å². The Labute approximate surface area is 542 Å². The van der Waals surface area contributed by atoms with Crippen molar-refractivity contribution in [2.45, 2.75) is 151 Å². The number of fused-ring (bicyclic) bond motifs is 1. The van der Waals surface area contributed by atoms with Gasteiger partial charge in [0.1, 0.15) is 60.6 Å². The van der Waals surface area contributed by atoms with E-state index in [9.17, 15) is 123 Å². The number of rotatable bonds is 44. The van der Waals surface area contributed by atoms with Crippen molar-refractivity contribution < 1.29 is 129 Å². The third kappa shape index (κ3) is 26.6. The summed E-state index contributed by atoms with van der Waals surface area (Å²) in [6.45, 7) is -1.66. The fourth-order valence-corrected chi connectivity index (χ4v) is 8.86. The number of anilines is 2. The molecular formula is C55H76N12O27S. The van der Waals surface area contributed by atoms with E-state index in [-0.39, 0.29) is 29.2 Å². The molecule has 0 fully saturated rings. The van der Waals surface area contributed by atoms with Crippen LogP contribution in [0.15, 0.2) is 35.3 Å². The molecule has 0 saturated heterocycles. The number of thiol groups is 1. The minimum atomic E-state index is -2.52. The monoisotopic (exact) mass is 1370 g/mol. The highest BCUT2D eigenvalue weighted by Gasteiger charge is 2.36. The number of aromatic nitrogens is 4. The number of H-pyrrole nitrogens is 1. The molecule has 2 aromatic heterocycles. The number of ketones is 3. The molecule has 3 rings (SSSR count). The molecule has 0 spiro atoms. The maximum atomic E-state index is 14.5. The number of aromatic amines is 1. The molecule has 95 heavy (non-hydrogen) atoms. The molecule has 23 N–H and O–H groups in total. The first-order valence-corrected chi connectivity index (χ1v) is 29.4. The van der Waals surface area contributed by atoms with Gasteiger partial charge in [0.05, 0.1) is 24.5 Å². The number of nitrogens with zero attached hydrogens (tertiary/aromatic N) is 3. The number of Topliss-reactive ketones (excluding diaryl/α,β-unsaturated/α-hetero) is 3. The maximum absolute atomic E-state index is 14.5. The van der Waals surface area contributed by atoms with Gasteiger partial charge >= 0.3 is 23.9 Å². The van der Waals surface area contributed by atoms with Crippen molar-refractivity contribution in [1.82, 2.24) is 51.8 Å². The number of carbonyl (C=O) groups excluding carboxylic acids is 9. The SMILES string of the molecule is CC(=O)[C@@H](O)[C@H](O)[C@@H](O)CNC(=O)CC[C@H](CC(=O)[C@H](CCC(=O)NC[C@H](O)[C@@H](O)[C@H](O)C(=O)O)NC(=O)[C@H](CCC(=O)NC[C@H](O)[C@@H](O)[C@H](O)C(=O)O)CC(=O)CC[C@H](NC(=O)c1ccc(NCc2cnc3nc(N)[nH]c(=O)c3n2)cc1)C(=O)O)C(=O)N[C@@H](CS)C(=O)O. The zero-order chi connectivity index (χ0) is 71.6. The average molecular weight is 1370 g/mol. The number of nitrogens with two attached hydrogens (primary N) is 1. The first-order chi connectivity index (χ1) is 44.5. The lowest BCUT2D eigenvalue weighted by atomic mass is 9.90. The number of nitrogens with one attached hydrogen (secondary N) is 8. The molecule has 0 unspecified atom stereocenters. The fourth-order valence-electron chi connectivity index (χ4n) is 8.62. The molecule has 0 bridgehead atoms. The van der Waals surface area contributed by atoms with Crippen LogP contribution in [0, 0.1) is 11.8 Å². The van der Waals surface area contributed by atoms with Crippen LogP contribution in [0.4, 0.5) is 11.6 Å². The van der Waals surface area contributed by atoms with Crippen molar-refractivity contribution in [3.05, 3.63) is 52.1 Å². The van der Waals surface area contributed by atoms with Crippen molar-refractivity contribution in [3.63, 3.8) is 0 Å². The normalized spacial score (nSPS) is 15.7. The van der Waals surface area contributed by atoms with Crippen molar-refractivity contribution in [2.75, 3.05) is 36.4 Å². The summed E-state index contributed by atoms with van der Waals surface area (Å²) in [5.74, 6) is -20.8. The Kier molecular flexibility index (Phi) is 32.7. The van der Waals surface area contributed by atoms with Crippen molar-refractivity contribution in [3.8, 4) is 0 Å². The smallest absolute Gasteiger partial charge is 0.335 e. The predicted molar refractivity (Wildman–Crippen MR) is 323 cm³/mol. The molecule has 0 radical (unpaired) electrons. The number of hydrogen-bond donors (Lipinski definition) is 23. The average Bonchev–Trinajstić information content (AvgIpc) is 0.823. The molecule has 39 nitrogen and oxygen atoms in total. The van der Waals surface area contributed by atoms with Gasteiger partial charge in [-0.2, -0.15) is 17.6 Å². The van der Waals surface area contributed by atoms with Gasteiger partial charge in [0.15, 0.2) is 34.9 Å². The van der Waals surface area contributed by atoms with Crippen LogP contribution in [-0.2, 0) is 64.1 Å². The van der Waals surface area contributed by atoms with Crippen LogP contribution in [0.3, 0.4) is 0 Å². The van der Waals surface area contributed by atoms with E-state index in [1.165, 1.54) is 30.5 Å². The quantitative estimate of drug-likeness (QED) is 0.0234. The highest BCUT2D eigenvalue weighted by molar-refractivity contribution is 7.80. The number of carboxylic acids is 4. The van der Waals surface area contributed by atoms with E-state index in [1.807, 2.05) is 0 Å². The summed E-state index contributed by atoms with van der Waals surface area (Å²) in [6, 6.07) is 0.0795. The van der Waals surface area contributed by atoms with Crippen molar-refractivity contribution in [2.24, 2.45) is 11.8 Å². The van der Waals surface area contributed by atoms with Crippen LogP contribution in [0.5, 0.6) is 0 Å². The largest absolute Gasteiger partial charge is 0.480 e. The van der Waals surface area contributed by atoms with Gasteiger partial charge in [0.2, 0.25) is 35.5 Å². The van der Waals surface area contributed by atoms with Gasteiger partial charge in [0, 0.05) is 87.0 Å². The summed E-state index contributed by atoms with van der Waals surface area (Å²) in [6.07, 6.45) is -26.3. The lowest BCUT2D eigenvalue weighted by Gasteiger charge is -2.25. The summed E-state index contributed by atoms with van der Waals surface area (Å²) in [7, 11) is 0. The lowest BCUT2D eigenvalue weighted by molar-refractivity contribution is -0.158. The maximum Gasteiger partial charge on any atom is 0.335 e. The minimum absolute atomic E-state index is 0.00519. The van der Waals surface area contributed by atoms with E-state index in [4.69, 9.17) is 15.9 Å². The zero-order valence-corrected chi connectivity index (χ0v) is 51.4. The van der Waals surface area contributed by atoms with E-state index in [0.29, 0.717) is 11.4 Å². The van der Waals surface area contributed by atoms with E-state index in [2.05, 4.69) is 69.8 Å². The number of aliphatic carboxylic acids is 4. The van der Waals surface area contributed by atoms with E-state index < -0.39 is 257 Å². The van der Waals surface area contributed by atoms with Gasteiger partial charge < -0.3 is 109 Å². The van der Waals surface area contributed by atoms with Crippen LogP contribution in [0.1, 0.15) is 87.2 Å². The Morgan fingerprint density at radius 3 is 1.47 bits per heavy atom. The molecule has 0 saturated carbocycles. The summed E-state index contributed by atoms with van der Waals surface area (Å²) in [4.78, 5) is 194. The van der Waals surface area contributed by atoms with Gasteiger partial charge in [-0.1, -0.05) is 0 Å². The third-order valence-corrected chi connectivity index (χ3v) is 14.7. The number of carbonyl (C=O) groups is 13. The van der Waals surface area contributed by atoms with Gasteiger partial charge in [-0.15, -0.1) is 0 Å². The number of hydrogen-bond acceptors (Lipinski definition) is 29. The van der Waals surface area contributed by atoms with Gasteiger partial charge in [-0.3, -0.25) is 52.9 Å². The number of amides is 6. The van der Waals surface area contributed by atoms with Crippen molar-refractivity contribution >= 4 is 112 Å². The predicted octanol–water partition coefficient (Wildman–Crippen LogP) is -8.30. The topological polar surface area (TPSA) is 667 Å².